The predicted molar refractivity (Wildman–Crippen MR) is 171 cm³/mol. The number of rotatable bonds is 5. The van der Waals surface area contributed by atoms with Gasteiger partial charge in [-0.25, -0.2) is 4.99 Å². The fourth-order valence-electron chi connectivity index (χ4n) is 5.44. The first-order chi connectivity index (χ1) is 19.8. The van der Waals surface area contributed by atoms with Crippen molar-refractivity contribution in [3.63, 3.8) is 0 Å². The van der Waals surface area contributed by atoms with Gasteiger partial charge in [-0.3, -0.25) is 9.59 Å². The number of aromatic nitrogens is 1. The van der Waals surface area contributed by atoms with Gasteiger partial charge in [-0.1, -0.05) is 24.3 Å². The van der Waals surface area contributed by atoms with E-state index in [1.807, 2.05) is 54.6 Å². The second-order valence-electron chi connectivity index (χ2n) is 10.6. The van der Waals surface area contributed by atoms with E-state index in [2.05, 4.69) is 54.0 Å². The van der Waals surface area contributed by atoms with E-state index in [0.29, 0.717) is 10.1 Å². The van der Waals surface area contributed by atoms with E-state index in [9.17, 15) is 9.59 Å². The van der Waals surface area contributed by atoms with E-state index in [1.165, 1.54) is 27.8 Å². The van der Waals surface area contributed by atoms with Gasteiger partial charge < -0.3 is 15.2 Å². The Kier molecular flexibility index (Phi) is 7.45. The van der Waals surface area contributed by atoms with Gasteiger partial charge in [0, 0.05) is 22.0 Å². The Morgan fingerprint density at radius 2 is 1.78 bits per heavy atom. The smallest absolute Gasteiger partial charge is 0.264 e. The van der Waals surface area contributed by atoms with Crippen LogP contribution in [0.3, 0.4) is 0 Å². The summed E-state index contributed by atoms with van der Waals surface area (Å²) in [5, 5.41) is 7.55. The van der Waals surface area contributed by atoms with Crippen LogP contribution in [-0.2, 0) is 17.6 Å². The lowest BCUT2D eigenvalue weighted by Crippen LogP contribution is -2.19. The molecule has 1 aliphatic carbocycles. The van der Waals surface area contributed by atoms with Crippen molar-refractivity contribution in [3.8, 4) is 5.00 Å². The molecule has 0 unspecified atom stereocenters. The molecule has 0 spiro atoms. The Morgan fingerprint density at radius 3 is 2.56 bits per heavy atom. The minimum atomic E-state index is -0.156. The van der Waals surface area contributed by atoms with E-state index < -0.39 is 0 Å². The third-order valence-corrected chi connectivity index (χ3v) is 9.93. The summed E-state index contributed by atoms with van der Waals surface area (Å²) < 4.78 is 2.18. The van der Waals surface area contributed by atoms with Crippen LogP contribution >= 0.6 is 23.1 Å². The number of nitrogens with one attached hydrogen (secondary N) is 2. The maximum absolute atomic E-state index is 13.7. The van der Waals surface area contributed by atoms with E-state index in [0.717, 1.165) is 70.1 Å². The van der Waals surface area contributed by atoms with Gasteiger partial charge in [-0.15, -0.1) is 11.3 Å². The lowest BCUT2D eigenvalue weighted by molar-refractivity contribution is -0.115. The Hall–Kier alpha value is -3.88. The number of amidine groups is 1. The van der Waals surface area contributed by atoms with Gasteiger partial charge in [-0.05, 0) is 124 Å². The minimum absolute atomic E-state index is 0.0732. The zero-order valence-electron chi connectivity index (χ0n) is 23.6. The summed E-state index contributed by atoms with van der Waals surface area (Å²) in [4.78, 5) is 33.2. The number of benzene rings is 2. The first-order valence-corrected chi connectivity index (χ1v) is 15.5. The molecule has 2 N–H and O–H groups in total. The zero-order chi connectivity index (χ0) is 28.7. The summed E-state index contributed by atoms with van der Waals surface area (Å²) in [5.74, 6) is -0.229. The molecule has 2 aromatic carbocycles. The highest BCUT2D eigenvalue weighted by molar-refractivity contribution is 8.18. The molecular weight excluding hydrogens is 549 g/mol. The molecule has 0 bridgehead atoms. The number of hydrogen-bond acceptors (Lipinski definition) is 5. The van der Waals surface area contributed by atoms with Gasteiger partial charge in [0.2, 0.25) is 0 Å². The topological polar surface area (TPSA) is 75.5 Å². The molecule has 41 heavy (non-hydrogen) atoms. The molecule has 0 radical (unpaired) electrons. The lowest BCUT2D eigenvalue weighted by atomic mass is 9.95. The van der Waals surface area contributed by atoms with Gasteiger partial charge in [0.1, 0.15) is 5.00 Å². The number of aryl methyl sites for hydroxylation is 4. The molecule has 0 atom stereocenters. The maximum Gasteiger partial charge on any atom is 0.264 e. The Labute approximate surface area is 248 Å². The quantitative estimate of drug-likeness (QED) is 0.237. The van der Waals surface area contributed by atoms with E-state index in [1.54, 1.807) is 11.3 Å². The molecule has 1 saturated heterocycles. The summed E-state index contributed by atoms with van der Waals surface area (Å²) >= 11 is 3.07. The number of thioether (sulfide) groups is 1. The summed E-state index contributed by atoms with van der Waals surface area (Å²) in [5.41, 5.74) is 8.89. The number of amides is 2. The third-order valence-electron chi connectivity index (χ3n) is 7.74. The van der Waals surface area contributed by atoms with E-state index in [-0.39, 0.29) is 11.8 Å². The first kappa shape index (κ1) is 27.3. The molecule has 8 heteroatoms. The molecule has 6 rings (SSSR count). The normalized spacial score (nSPS) is 16.7. The van der Waals surface area contributed by atoms with Crippen LogP contribution in [0.4, 0.5) is 11.4 Å². The van der Waals surface area contributed by atoms with Crippen molar-refractivity contribution in [1.29, 1.82) is 0 Å². The average molecular weight is 581 g/mol. The number of carbonyl (C=O) groups is 2. The third kappa shape index (κ3) is 5.42. The molecule has 2 amide bonds. The highest BCUT2D eigenvalue weighted by atomic mass is 32.2. The fourth-order valence-corrected chi connectivity index (χ4v) is 7.77. The second kappa shape index (κ2) is 11.2. The number of nitrogens with zero attached hydrogens (tertiary/aromatic N) is 2. The largest absolute Gasteiger partial charge is 0.322 e. The summed E-state index contributed by atoms with van der Waals surface area (Å²) in [6.07, 6.45) is 6.08. The number of fused-ring (bicyclic) bond motifs is 1. The predicted octanol–water partition coefficient (Wildman–Crippen LogP) is 7.80. The minimum Gasteiger partial charge on any atom is -0.322 e. The van der Waals surface area contributed by atoms with Gasteiger partial charge in [0.25, 0.3) is 11.8 Å². The van der Waals surface area contributed by atoms with E-state index in [4.69, 9.17) is 0 Å². The summed E-state index contributed by atoms with van der Waals surface area (Å²) in [6, 6.07) is 17.7. The molecule has 3 heterocycles. The van der Waals surface area contributed by atoms with Crippen LogP contribution in [-0.4, -0.2) is 21.5 Å². The Bertz CT molecular complexity index is 1740. The van der Waals surface area contributed by atoms with Crippen LogP contribution in [0.5, 0.6) is 0 Å². The van der Waals surface area contributed by atoms with Crippen LogP contribution in [0.2, 0.25) is 0 Å². The monoisotopic (exact) mass is 580 g/mol. The van der Waals surface area contributed by atoms with Crippen molar-refractivity contribution in [1.82, 2.24) is 9.88 Å². The maximum atomic E-state index is 13.7. The lowest BCUT2D eigenvalue weighted by Gasteiger charge is -2.14. The van der Waals surface area contributed by atoms with Crippen molar-refractivity contribution in [3.05, 3.63) is 104 Å². The van der Waals surface area contributed by atoms with Gasteiger partial charge in [0.05, 0.1) is 16.2 Å². The number of carbonyl (C=O) groups excluding carboxylic acids is 2. The molecule has 1 fully saturated rings. The molecule has 4 aromatic rings. The number of aliphatic imine (C=N–C) groups is 1. The Balaban J connectivity index is 1.35. The standard InChI is InChI=1S/C33H32N4O2S2/c1-19-14-15-25(16-20(19)2)35-33-36-30(38)28(41-33)18-23-17-21(3)37(22(23)4)32-29(26-12-8-9-13-27(26)40-32)31(39)34-24-10-6-5-7-11-24/h5-7,10-11,14-18H,8-9,12-13H2,1-4H3,(H,34,39)(H,35,36,38)/b28-18-. The van der Waals surface area contributed by atoms with Crippen LogP contribution in [0.25, 0.3) is 11.1 Å². The molecule has 0 saturated carbocycles. The van der Waals surface area contributed by atoms with Crippen LogP contribution in [0.15, 0.2) is 64.5 Å². The number of para-hydroxylation sites is 1. The van der Waals surface area contributed by atoms with Crippen LogP contribution < -0.4 is 10.6 Å². The molecular formula is C33H32N4O2S2. The van der Waals surface area contributed by atoms with Gasteiger partial charge in [-0.2, -0.15) is 0 Å². The number of hydrogen-bond donors (Lipinski definition) is 2. The fraction of sp³-hybridized carbons (Fsp3) is 0.242. The van der Waals surface area contributed by atoms with E-state index >= 15 is 0 Å². The highest BCUT2D eigenvalue weighted by Crippen LogP contribution is 2.40. The molecule has 2 aliphatic rings. The van der Waals surface area contributed by atoms with Crippen molar-refractivity contribution in [2.45, 2.75) is 53.4 Å². The Morgan fingerprint density at radius 1 is 1.00 bits per heavy atom. The second-order valence-corrected chi connectivity index (χ2v) is 12.7. The van der Waals surface area contributed by atoms with Crippen molar-refractivity contribution >= 4 is 57.5 Å². The van der Waals surface area contributed by atoms with Crippen LogP contribution in [0, 0.1) is 27.7 Å². The number of thiophene rings is 1. The molecule has 6 nitrogen and oxygen atoms in total. The SMILES string of the molecule is Cc1ccc(N=C2NC(=O)/C(=C/c3cc(C)n(-c4sc5c(c4C(=O)Nc4ccccc4)CCCC5)c3C)S2)cc1C. The van der Waals surface area contributed by atoms with Crippen molar-refractivity contribution in [2.75, 3.05) is 5.32 Å². The average Bonchev–Trinajstić information content (AvgIpc) is 3.58. The zero-order valence-corrected chi connectivity index (χ0v) is 25.3. The molecule has 2 aromatic heterocycles. The van der Waals surface area contributed by atoms with Crippen LogP contribution in [0.1, 0.15) is 61.7 Å². The summed E-state index contributed by atoms with van der Waals surface area (Å²) in [6.45, 7) is 8.24. The van der Waals surface area contributed by atoms with Crippen molar-refractivity contribution in [2.24, 2.45) is 4.99 Å². The molecule has 1 aliphatic heterocycles. The van der Waals surface area contributed by atoms with Crippen molar-refractivity contribution < 1.29 is 9.59 Å². The van der Waals surface area contributed by atoms with Gasteiger partial charge >= 0.3 is 0 Å². The number of anilines is 1. The highest BCUT2D eigenvalue weighted by Gasteiger charge is 2.29. The summed E-state index contributed by atoms with van der Waals surface area (Å²) in [7, 11) is 0. The van der Waals surface area contributed by atoms with Gasteiger partial charge in [0.15, 0.2) is 5.17 Å². The first-order valence-electron chi connectivity index (χ1n) is 13.9. The molecule has 208 valence electrons.